The molecule has 102 valence electrons. The summed E-state index contributed by atoms with van der Waals surface area (Å²) < 4.78 is 0. The van der Waals surface area contributed by atoms with Crippen molar-refractivity contribution >= 4 is 17.2 Å². The molecule has 5 heteroatoms. The summed E-state index contributed by atoms with van der Waals surface area (Å²) in [6.45, 7) is 10.5. The van der Waals surface area contributed by atoms with Crippen LogP contribution in [0, 0.1) is 12.8 Å². The van der Waals surface area contributed by atoms with Gasteiger partial charge in [-0.15, -0.1) is 11.3 Å². The zero-order valence-electron chi connectivity index (χ0n) is 11.8. The molecule has 1 aromatic heterocycles. The highest BCUT2D eigenvalue weighted by atomic mass is 32.1. The summed E-state index contributed by atoms with van der Waals surface area (Å²) in [5.74, 6) is 0.490. The summed E-state index contributed by atoms with van der Waals surface area (Å²) in [5, 5.41) is 9.21. The number of carbonyl (C=O) groups excluding carboxylic acids is 1. The first-order valence-electron chi connectivity index (χ1n) is 6.35. The van der Waals surface area contributed by atoms with Crippen molar-refractivity contribution in [3.8, 4) is 0 Å². The van der Waals surface area contributed by atoms with E-state index in [0.29, 0.717) is 12.5 Å². The normalized spacial score (nSPS) is 14.6. The van der Waals surface area contributed by atoms with Gasteiger partial charge in [0.05, 0.1) is 12.6 Å². The molecule has 2 unspecified atom stereocenters. The van der Waals surface area contributed by atoms with Gasteiger partial charge in [0, 0.05) is 17.1 Å². The van der Waals surface area contributed by atoms with Gasteiger partial charge in [0.2, 0.25) is 5.91 Å². The Morgan fingerprint density at radius 2 is 2.06 bits per heavy atom. The van der Waals surface area contributed by atoms with Crippen LogP contribution >= 0.6 is 11.3 Å². The summed E-state index contributed by atoms with van der Waals surface area (Å²) in [7, 11) is 0. The zero-order chi connectivity index (χ0) is 13.7. The highest BCUT2D eigenvalue weighted by molar-refractivity contribution is 7.09. The number of nitrogens with one attached hydrogen (secondary N) is 2. The lowest BCUT2D eigenvalue weighted by Gasteiger charge is -2.18. The second kappa shape index (κ2) is 6.85. The SMILES string of the molecule is Cc1csc(C(C)NCC(=O)NC(C)C(C)C)n1. The molecular weight excluding hydrogens is 246 g/mol. The van der Waals surface area contributed by atoms with Crippen LogP contribution < -0.4 is 10.6 Å². The predicted octanol–water partition coefficient (Wildman–Crippen LogP) is 2.26. The molecule has 0 radical (unpaired) electrons. The van der Waals surface area contributed by atoms with E-state index in [1.165, 1.54) is 0 Å². The Bertz CT molecular complexity index is 389. The molecule has 18 heavy (non-hydrogen) atoms. The van der Waals surface area contributed by atoms with E-state index in [0.717, 1.165) is 10.7 Å². The number of thiazole rings is 1. The van der Waals surface area contributed by atoms with Gasteiger partial charge in [0.15, 0.2) is 0 Å². The molecule has 2 N–H and O–H groups in total. The smallest absolute Gasteiger partial charge is 0.234 e. The molecule has 0 aliphatic carbocycles. The molecule has 0 aromatic carbocycles. The van der Waals surface area contributed by atoms with Crippen molar-refractivity contribution in [3.63, 3.8) is 0 Å². The molecule has 0 aliphatic heterocycles. The lowest BCUT2D eigenvalue weighted by atomic mass is 10.1. The standard InChI is InChI=1S/C13H23N3OS/c1-8(2)10(4)16-12(17)6-14-11(5)13-15-9(3)7-18-13/h7-8,10-11,14H,6H2,1-5H3,(H,16,17). The van der Waals surface area contributed by atoms with Gasteiger partial charge in [0.25, 0.3) is 0 Å². The van der Waals surface area contributed by atoms with Gasteiger partial charge in [-0.05, 0) is 26.7 Å². The van der Waals surface area contributed by atoms with Crippen molar-refractivity contribution < 1.29 is 4.79 Å². The molecule has 0 saturated carbocycles. The fourth-order valence-corrected chi connectivity index (χ4v) is 2.20. The summed E-state index contributed by atoms with van der Waals surface area (Å²) in [4.78, 5) is 16.1. The largest absolute Gasteiger partial charge is 0.352 e. The van der Waals surface area contributed by atoms with Crippen LogP contribution in [-0.4, -0.2) is 23.5 Å². The number of hydrogen-bond acceptors (Lipinski definition) is 4. The first-order chi connectivity index (χ1) is 8.40. The van der Waals surface area contributed by atoms with Gasteiger partial charge in [-0.3, -0.25) is 10.1 Å². The van der Waals surface area contributed by atoms with E-state index in [4.69, 9.17) is 0 Å². The molecule has 0 bridgehead atoms. The summed E-state index contributed by atoms with van der Waals surface area (Å²) >= 11 is 1.62. The lowest BCUT2D eigenvalue weighted by Crippen LogP contribution is -2.41. The Morgan fingerprint density at radius 1 is 1.39 bits per heavy atom. The molecule has 1 aromatic rings. The van der Waals surface area contributed by atoms with Crippen molar-refractivity contribution in [2.24, 2.45) is 5.92 Å². The third-order valence-electron chi connectivity index (χ3n) is 2.96. The van der Waals surface area contributed by atoms with E-state index >= 15 is 0 Å². The minimum atomic E-state index is 0.0383. The maximum Gasteiger partial charge on any atom is 0.234 e. The van der Waals surface area contributed by atoms with Crippen LogP contribution in [0.5, 0.6) is 0 Å². The molecule has 4 nitrogen and oxygen atoms in total. The Kier molecular flexibility index (Phi) is 5.75. The molecule has 0 saturated heterocycles. The summed E-state index contributed by atoms with van der Waals surface area (Å²) in [5.41, 5.74) is 1.03. The maximum atomic E-state index is 11.7. The van der Waals surface area contributed by atoms with Gasteiger partial charge >= 0.3 is 0 Å². The van der Waals surface area contributed by atoms with Gasteiger partial charge in [0.1, 0.15) is 5.01 Å². The number of carbonyl (C=O) groups is 1. The fraction of sp³-hybridized carbons (Fsp3) is 0.692. The van der Waals surface area contributed by atoms with Crippen molar-refractivity contribution in [1.82, 2.24) is 15.6 Å². The Labute approximate surface area is 113 Å². The highest BCUT2D eigenvalue weighted by Crippen LogP contribution is 2.16. The Balaban J connectivity index is 2.34. The highest BCUT2D eigenvalue weighted by Gasteiger charge is 2.13. The number of amides is 1. The molecule has 1 heterocycles. The number of aromatic nitrogens is 1. The van der Waals surface area contributed by atoms with E-state index in [1.54, 1.807) is 11.3 Å². The molecule has 1 rings (SSSR count). The Hall–Kier alpha value is -0.940. The van der Waals surface area contributed by atoms with Gasteiger partial charge in [-0.2, -0.15) is 0 Å². The van der Waals surface area contributed by atoms with Gasteiger partial charge in [-0.1, -0.05) is 13.8 Å². The van der Waals surface area contributed by atoms with Crippen LogP contribution in [-0.2, 0) is 4.79 Å². The second-order valence-electron chi connectivity index (χ2n) is 5.03. The van der Waals surface area contributed by atoms with Crippen LogP contribution in [0.4, 0.5) is 0 Å². The van der Waals surface area contributed by atoms with Crippen molar-refractivity contribution in [2.45, 2.75) is 46.7 Å². The molecule has 2 atom stereocenters. The average molecular weight is 269 g/mol. The molecule has 0 aliphatic rings. The van der Waals surface area contributed by atoms with E-state index in [-0.39, 0.29) is 18.0 Å². The maximum absolute atomic E-state index is 11.7. The van der Waals surface area contributed by atoms with E-state index in [2.05, 4.69) is 29.5 Å². The quantitative estimate of drug-likeness (QED) is 0.833. The fourth-order valence-electron chi connectivity index (χ4n) is 1.38. The van der Waals surface area contributed by atoms with Crippen LogP contribution in [0.1, 0.15) is 44.4 Å². The van der Waals surface area contributed by atoms with Crippen LogP contribution in [0.3, 0.4) is 0 Å². The van der Waals surface area contributed by atoms with E-state index < -0.39 is 0 Å². The average Bonchev–Trinajstić information content (AvgIpc) is 2.72. The minimum Gasteiger partial charge on any atom is -0.352 e. The van der Waals surface area contributed by atoms with E-state index in [9.17, 15) is 4.79 Å². The monoisotopic (exact) mass is 269 g/mol. The van der Waals surface area contributed by atoms with Crippen molar-refractivity contribution in [1.29, 1.82) is 0 Å². The van der Waals surface area contributed by atoms with Crippen molar-refractivity contribution in [2.75, 3.05) is 6.54 Å². The molecule has 0 fully saturated rings. The molecule has 1 amide bonds. The summed E-state index contributed by atoms with van der Waals surface area (Å²) in [6.07, 6.45) is 0. The topological polar surface area (TPSA) is 54.0 Å². The van der Waals surface area contributed by atoms with E-state index in [1.807, 2.05) is 26.2 Å². The molecule has 0 spiro atoms. The lowest BCUT2D eigenvalue weighted by molar-refractivity contribution is -0.121. The van der Waals surface area contributed by atoms with Crippen LogP contribution in [0.25, 0.3) is 0 Å². The third kappa shape index (κ3) is 4.74. The van der Waals surface area contributed by atoms with Gasteiger partial charge in [-0.25, -0.2) is 4.98 Å². The third-order valence-corrected chi connectivity index (χ3v) is 4.11. The minimum absolute atomic E-state index is 0.0383. The second-order valence-corrected chi connectivity index (χ2v) is 5.92. The van der Waals surface area contributed by atoms with Crippen molar-refractivity contribution in [3.05, 3.63) is 16.1 Å². The number of aryl methyl sites for hydroxylation is 1. The summed E-state index contributed by atoms with van der Waals surface area (Å²) in [6, 6.07) is 0.320. The Morgan fingerprint density at radius 3 is 2.56 bits per heavy atom. The zero-order valence-corrected chi connectivity index (χ0v) is 12.6. The van der Waals surface area contributed by atoms with Crippen LogP contribution in [0.15, 0.2) is 5.38 Å². The number of rotatable bonds is 6. The number of nitrogens with zero attached hydrogens (tertiary/aromatic N) is 1. The number of hydrogen-bond donors (Lipinski definition) is 2. The van der Waals surface area contributed by atoms with Gasteiger partial charge < -0.3 is 5.32 Å². The van der Waals surface area contributed by atoms with Crippen LogP contribution in [0.2, 0.25) is 0 Å². The molecular formula is C13H23N3OS. The first-order valence-corrected chi connectivity index (χ1v) is 7.23. The predicted molar refractivity (Wildman–Crippen MR) is 75.7 cm³/mol. The first kappa shape index (κ1) is 15.1.